The van der Waals surface area contributed by atoms with Gasteiger partial charge in [0.15, 0.2) is 0 Å². The first-order valence-corrected chi connectivity index (χ1v) is 11.5. The third kappa shape index (κ3) is 5.54. The van der Waals surface area contributed by atoms with Crippen LogP contribution in [0.3, 0.4) is 0 Å². The van der Waals surface area contributed by atoms with E-state index in [0.717, 1.165) is 38.5 Å². The summed E-state index contributed by atoms with van der Waals surface area (Å²) in [7, 11) is 3.30. The number of ether oxygens (including phenoxy) is 7. The van der Waals surface area contributed by atoms with Crippen LogP contribution in [-0.4, -0.2) is 77.0 Å². The number of hydrogen-bond donors (Lipinski definition) is 0. The average Bonchev–Trinajstić information content (AvgIpc) is 2.72. The minimum absolute atomic E-state index is 0.208. The zero-order chi connectivity index (χ0) is 23.3. The van der Waals surface area contributed by atoms with Crippen molar-refractivity contribution in [3.05, 3.63) is 12.7 Å². The molecule has 4 rings (SSSR count). The Balaban J connectivity index is 1.79. The molecule has 0 radical (unpaired) electrons. The standard InChI is InChI=1S/C24H40O8/c1-6-20(25)32-21(2,3)22-11-19-12-23(14-22,30-17-28-9-7-26-4)16-24(13-19,15-22)31-18-29-10-8-27-5/h6,19H,1,7-18H2,2-5H3. The molecule has 0 saturated heterocycles. The Hall–Kier alpha value is -1.03. The van der Waals surface area contributed by atoms with Gasteiger partial charge in [-0.25, -0.2) is 4.79 Å². The molecule has 0 aromatic carbocycles. The van der Waals surface area contributed by atoms with Gasteiger partial charge in [0.2, 0.25) is 0 Å². The maximum absolute atomic E-state index is 12.2. The second-order valence-electron chi connectivity index (χ2n) is 10.1. The topological polar surface area (TPSA) is 81.7 Å². The average molecular weight is 457 g/mol. The van der Waals surface area contributed by atoms with Gasteiger partial charge in [-0.2, -0.15) is 0 Å². The van der Waals surface area contributed by atoms with Crippen molar-refractivity contribution in [2.24, 2.45) is 11.3 Å². The van der Waals surface area contributed by atoms with Crippen molar-refractivity contribution in [1.82, 2.24) is 0 Å². The fourth-order valence-electron chi connectivity index (χ4n) is 6.39. The Kier molecular flexibility index (Phi) is 8.39. The predicted molar refractivity (Wildman–Crippen MR) is 117 cm³/mol. The summed E-state index contributed by atoms with van der Waals surface area (Å²) in [4.78, 5) is 12.2. The van der Waals surface area contributed by atoms with Gasteiger partial charge in [0.25, 0.3) is 0 Å². The maximum atomic E-state index is 12.2. The zero-order valence-corrected chi connectivity index (χ0v) is 20.1. The van der Waals surface area contributed by atoms with Gasteiger partial charge < -0.3 is 33.2 Å². The van der Waals surface area contributed by atoms with Crippen molar-refractivity contribution in [1.29, 1.82) is 0 Å². The van der Waals surface area contributed by atoms with E-state index in [1.807, 2.05) is 13.8 Å². The van der Waals surface area contributed by atoms with Crippen LogP contribution in [0, 0.1) is 11.3 Å². The Morgan fingerprint density at radius 3 is 1.91 bits per heavy atom. The number of carbonyl (C=O) groups excluding carboxylic acids is 1. The fraction of sp³-hybridized carbons (Fsp3) is 0.875. The highest BCUT2D eigenvalue weighted by Crippen LogP contribution is 2.68. The molecule has 32 heavy (non-hydrogen) atoms. The van der Waals surface area contributed by atoms with E-state index in [2.05, 4.69) is 6.58 Å². The van der Waals surface area contributed by atoms with E-state index in [0.29, 0.717) is 32.3 Å². The highest BCUT2D eigenvalue weighted by molar-refractivity contribution is 5.81. The van der Waals surface area contributed by atoms with E-state index >= 15 is 0 Å². The lowest BCUT2D eigenvalue weighted by molar-refractivity contribution is -0.316. The van der Waals surface area contributed by atoms with Crippen LogP contribution in [-0.2, 0) is 38.0 Å². The quantitative estimate of drug-likeness (QED) is 0.161. The van der Waals surface area contributed by atoms with Gasteiger partial charge in [-0.15, -0.1) is 0 Å². The van der Waals surface area contributed by atoms with Gasteiger partial charge in [0, 0.05) is 32.1 Å². The van der Waals surface area contributed by atoms with Crippen molar-refractivity contribution in [3.63, 3.8) is 0 Å². The molecule has 0 aliphatic heterocycles. The zero-order valence-electron chi connectivity index (χ0n) is 20.1. The highest BCUT2D eigenvalue weighted by Gasteiger charge is 2.69. The third-order valence-electron chi connectivity index (χ3n) is 7.53. The number of esters is 1. The van der Waals surface area contributed by atoms with Gasteiger partial charge in [0.1, 0.15) is 19.2 Å². The summed E-state index contributed by atoms with van der Waals surface area (Å²) in [5.74, 6) is 0.0207. The van der Waals surface area contributed by atoms with E-state index in [1.165, 1.54) is 6.08 Å². The van der Waals surface area contributed by atoms with Crippen LogP contribution in [0.15, 0.2) is 12.7 Å². The Bertz CT molecular complexity index is 618. The molecular formula is C24H40O8. The Morgan fingerprint density at radius 1 is 0.906 bits per heavy atom. The van der Waals surface area contributed by atoms with Crippen LogP contribution < -0.4 is 0 Å². The molecular weight excluding hydrogens is 416 g/mol. The summed E-state index contributed by atoms with van der Waals surface area (Å²) in [5, 5.41) is 0. The summed E-state index contributed by atoms with van der Waals surface area (Å²) in [6.45, 7) is 10.0. The molecule has 0 aromatic heterocycles. The normalized spacial score (nSPS) is 33.4. The van der Waals surface area contributed by atoms with Gasteiger partial charge in [-0.05, 0) is 51.9 Å². The molecule has 2 unspecified atom stereocenters. The van der Waals surface area contributed by atoms with E-state index in [9.17, 15) is 4.79 Å². The SMILES string of the molecule is C=CC(=O)OC(C)(C)C12CC3CC(OCOCCOC)(CC(OCOCCOC)(C3)C1)C2. The molecule has 4 aliphatic carbocycles. The minimum atomic E-state index is -0.686. The second kappa shape index (κ2) is 10.5. The number of hydrogen-bond acceptors (Lipinski definition) is 8. The van der Waals surface area contributed by atoms with Crippen molar-refractivity contribution in [3.8, 4) is 0 Å². The lowest BCUT2D eigenvalue weighted by Crippen LogP contribution is -2.69. The van der Waals surface area contributed by atoms with Gasteiger partial charge in [0.05, 0.1) is 37.6 Å². The third-order valence-corrected chi connectivity index (χ3v) is 7.53. The van der Waals surface area contributed by atoms with Gasteiger partial charge >= 0.3 is 5.97 Å². The molecule has 4 bridgehead atoms. The second-order valence-corrected chi connectivity index (χ2v) is 10.1. The molecule has 8 heteroatoms. The Morgan fingerprint density at radius 2 is 1.44 bits per heavy atom. The van der Waals surface area contributed by atoms with Crippen LogP contribution >= 0.6 is 0 Å². The molecule has 8 nitrogen and oxygen atoms in total. The lowest BCUT2D eigenvalue weighted by atomic mass is 9.42. The molecule has 0 aromatic rings. The Labute approximate surface area is 191 Å². The highest BCUT2D eigenvalue weighted by atomic mass is 16.7. The lowest BCUT2D eigenvalue weighted by Gasteiger charge is -2.68. The van der Waals surface area contributed by atoms with Gasteiger partial charge in [-0.3, -0.25) is 0 Å². The van der Waals surface area contributed by atoms with E-state index < -0.39 is 11.6 Å². The van der Waals surface area contributed by atoms with E-state index in [4.69, 9.17) is 33.2 Å². The first-order valence-electron chi connectivity index (χ1n) is 11.5. The molecule has 0 N–H and O–H groups in total. The smallest absolute Gasteiger partial charge is 0.330 e. The first-order chi connectivity index (χ1) is 15.2. The number of methoxy groups -OCH3 is 2. The fourth-order valence-corrected chi connectivity index (χ4v) is 6.39. The van der Waals surface area contributed by atoms with E-state index in [1.54, 1.807) is 14.2 Å². The van der Waals surface area contributed by atoms with Crippen molar-refractivity contribution >= 4 is 5.97 Å². The number of rotatable bonds is 15. The summed E-state index contributed by atoms with van der Waals surface area (Å²) < 4.78 is 40.2. The molecule has 0 spiro atoms. The van der Waals surface area contributed by atoms with Crippen LogP contribution in [0.5, 0.6) is 0 Å². The largest absolute Gasteiger partial charge is 0.456 e. The monoisotopic (exact) mass is 456 g/mol. The molecule has 0 amide bonds. The van der Waals surface area contributed by atoms with Crippen LogP contribution in [0.1, 0.15) is 52.4 Å². The van der Waals surface area contributed by atoms with Crippen molar-refractivity contribution in [2.45, 2.75) is 69.2 Å². The molecule has 184 valence electrons. The van der Waals surface area contributed by atoms with Crippen LogP contribution in [0.2, 0.25) is 0 Å². The summed E-state index contributed by atoms with van der Waals surface area (Å²) in [6.07, 6.45) is 6.52. The number of carbonyl (C=O) groups is 1. The maximum Gasteiger partial charge on any atom is 0.330 e. The van der Waals surface area contributed by atoms with Gasteiger partial charge in [-0.1, -0.05) is 6.58 Å². The van der Waals surface area contributed by atoms with Crippen molar-refractivity contribution in [2.75, 3.05) is 54.2 Å². The predicted octanol–water partition coefficient (Wildman–Crippen LogP) is 3.23. The molecule has 0 heterocycles. The van der Waals surface area contributed by atoms with E-state index in [-0.39, 0.29) is 30.2 Å². The van der Waals surface area contributed by atoms with Crippen molar-refractivity contribution < 1.29 is 38.0 Å². The molecule has 4 aliphatic rings. The molecule has 4 saturated carbocycles. The molecule has 2 atom stereocenters. The van der Waals surface area contributed by atoms with Crippen LogP contribution in [0.4, 0.5) is 0 Å². The first kappa shape index (κ1) is 25.6. The van der Waals surface area contributed by atoms with Crippen LogP contribution in [0.25, 0.3) is 0 Å². The summed E-state index contributed by atoms with van der Waals surface area (Å²) in [6, 6.07) is 0. The summed E-state index contributed by atoms with van der Waals surface area (Å²) in [5.41, 5.74) is -1.70. The minimum Gasteiger partial charge on any atom is -0.456 e. The molecule has 4 fully saturated rings. The summed E-state index contributed by atoms with van der Waals surface area (Å²) >= 11 is 0.